The monoisotopic (exact) mass is 481 g/mol. The summed E-state index contributed by atoms with van der Waals surface area (Å²) in [5.74, 6) is 0.944. The van der Waals surface area contributed by atoms with Gasteiger partial charge in [-0.1, -0.05) is 11.6 Å². The van der Waals surface area contributed by atoms with Gasteiger partial charge in [0.2, 0.25) is 17.2 Å². The van der Waals surface area contributed by atoms with Crippen molar-refractivity contribution in [3.8, 4) is 0 Å². The van der Waals surface area contributed by atoms with E-state index in [2.05, 4.69) is 63.2 Å². The number of hydrogen-bond acceptors (Lipinski definition) is 7. The van der Waals surface area contributed by atoms with Crippen molar-refractivity contribution in [2.24, 2.45) is 0 Å². The first-order valence-electron chi connectivity index (χ1n) is 10.7. The number of benzene rings is 2. The van der Waals surface area contributed by atoms with Crippen LogP contribution in [0.15, 0.2) is 54.7 Å². The minimum Gasteiger partial charge on any atom is -0.355 e. The van der Waals surface area contributed by atoms with E-state index in [-0.39, 0.29) is 17.4 Å². The molecule has 2 heterocycles. The maximum atomic E-state index is 6.19. The molecule has 0 aliphatic carbocycles. The lowest BCUT2D eigenvalue weighted by Gasteiger charge is -2.30. The number of aromatic nitrogens is 4. The molecule has 0 unspecified atom stereocenters. The van der Waals surface area contributed by atoms with E-state index in [9.17, 15) is 0 Å². The van der Waals surface area contributed by atoms with Gasteiger partial charge < -0.3 is 15.5 Å². The van der Waals surface area contributed by atoms with Gasteiger partial charge in [0.05, 0.1) is 5.52 Å². The Morgan fingerprint density at radius 2 is 1.45 bits per heavy atom. The van der Waals surface area contributed by atoms with Crippen molar-refractivity contribution in [3.63, 3.8) is 0 Å². The molecule has 0 amide bonds. The summed E-state index contributed by atoms with van der Waals surface area (Å²) in [6, 6.07) is 15.9. The number of fused-ring (bicyclic) bond motifs is 1. The fraction of sp³-hybridized carbons (Fsp3) is 0.250. The number of anilines is 5. The molecular formula is C24H25Cl2N7. The number of halogens is 2. The zero-order valence-electron chi connectivity index (χ0n) is 18.8. The van der Waals surface area contributed by atoms with Gasteiger partial charge in [-0.15, -0.1) is 0 Å². The number of nitrogens with zero attached hydrogens (tertiary/aromatic N) is 5. The predicted octanol–water partition coefficient (Wildman–Crippen LogP) is 6.84. The minimum absolute atomic E-state index is 0.150. The van der Waals surface area contributed by atoms with Crippen LogP contribution in [0.3, 0.4) is 0 Å². The van der Waals surface area contributed by atoms with Crippen molar-refractivity contribution < 1.29 is 0 Å². The van der Waals surface area contributed by atoms with Crippen LogP contribution in [0.25, 0.3) is 10.9 Å². The fourth-order valence-corrected chi connectivity index (χ4v) is 4.04. The summed E-state index contributed by atoms with van der Waals surface area (Å²) < 4.78 is 0. The molecule has 0 saturated carbocycles. The molecule has 2 aromatic carbocycles. The van der Waals surface area contributed by atoms with Gasteiger partial charge in [-0.05, 0) is 87.8 Å². The van der Waals surface area contributed by atoms with Gasteiger partial charge in [0, 0.05) is 45.8 Å². The molecule has 33 heavy (non-hydrogen) atoms. The molecule has 2 aromatic heterocycles. The van der Waals surface area contributed by atoms with Gasteiger partial charge in [-0.25, -0.2) is 0 Å². The van der Waals surface area contributed by atoms with E-state index < -0.39 is 0 Å². The molecule has 4 rings (SSSR count). The normalized spacial score (nSPS) is 11.3. The first-order valence-corrected chi connectivity index (χ1v) is 11.4. The van der Waals surface area contributed by atoms with Crippen LogP contribution < -0.4 is 15.5 Å². The summed E-state index contributed by atoms with van der Waals surface area (Å²) in [7, 11) is 0. The largest absolute Gasteiger partial charge is 0.355 e. The third-order valence-electron chi connectivity index (χ3n) is 5.06. The van der Waals surface area contributed by atoms with E-state index in [1.807, 2.05) is 48.5 Å². The standard InChI is InChI=1S/C24H25Cl2N7/c1-14(2)33(15(3)4)24-31-22(26)30-23(32-24)29-18-8-6-17(7-9-18)28-20-11-12-27-21-13-16(25)5-10-19(20)21/h5-15H,1-4H3,(H,27,28)(H,29,30,31,32). The molecule has 9 heteroatoms. The summed E-state index contributed by atoms with van der Waals surface area (Å²) in [5.41, 5.74) is 3.56. The highest BCUT2D eigenvalue weighted by Crippen LogP contribution is 2.28. The zero-order chi connectivity index (χ0) is 23.5. The third-order valence-corrected chi connectivity index (χ3v) is 5.47. The molecule has 0 bridgehead atoms. The van der Waals surface area contributed by atoms with E-state index in [1.165, 1.54) is 0 Å². The summed E-state index contributed by atoms with van der Waals surface area (Å²) in [6.07, 6.45) is 1.76. The van der Waals surface area contributed by atoms with E-state index >= 15 is 0 Å². The van der Waals surface area contributed by atoms with E-state index in [0.29, 0.717) is 16.9 Å². The predicted molar refractivity (Wildman–Crippen MR) is 137 cm³/mol. The first kappa shape index (κ1) is 23.0. The van der Waals surface area contributed by atoms with Crippen molar-refractivity contribution in [1.29, 1.82) is 0 Å². The molecule has 0 atom stereocenters. The molecular weight excluding hydrogens is 457 g/mol. The van der Waals surface area contributed by atoms with Gasteiger partial charge >= 0.3 is 0 Å². The van der Waals surface area contributed by atoms with Crippen LogP contribution in [0.5, 0.6) is 0 Å². The van der Waals surface area contributed by atoms with Crippen LogP contribution in [-0.2, 0) is 0 Å². The quantitative estimate of drug-likeness (QED) is 0.299. The Kier molecular flexibility index (Phi) is 6.81. The average molecular weight is 482 g/mol. The van der Waals surface area contributed by atoms with Crippen LogP contribution >= 0.6 is 23.2 Å². The lowest BCUT2D eigenvalue weighted by molar-refractivity contribution is 0.590. The SMILES string of the molecule is CC(C)N(c1nc(Cl)nc(Nc2ccc(Nc3ccnc4cc(Cl)ccc34)cc2)n1)C(C)C. The Bertz CT molecular complexity index is 1250. The third kappa shape index (κ3) is 5.43. The van der Waals surface area contributed by atoms with E-state index in [1.54, 1.807) is 6.20 Å². The Hall–Kier alpha value is -3.16. The van der Waals surface area contributed by atoms with Crippen LogP contribution in [0.1, 0.15) is 27.7 Å². The molecule has 2 N–H and O–H groups in total. The van der Waals surface area contributed by atoms with Gasteiger partial charge in [0.15, 0.2) is 0 Å². The summed E-state index contributed by atoms with van der Waals surface area (Å²) in [6.45, 7) is 8.38. The molecule has 4 aromatic rings. The van der Waals surface area contributed by atoms with Crippen molar-refractivity contribution in [2.75, 3.05) is 15.5 Å². The van der Waals surface area contributed by atoms with Crippen molar-refractivity contribution >= 4 is 63.1 Å². The van der Waals surface area contributed by atoms with Gasteiger partial charge in [-0.2, -0.15) is 15.0 Å². The smallest absolute Gasteiger partial charge is 0.233 e. The Morgan fingerprint density at radius 3 is 2.12 bits per heavy atom. The minimum atomic E-state index is 0.150. The van der Waals surface area contributed by atoms with Gasteiger partial charge in [-0.3, -0.25) is 4.98 Å². The molecule has 0 saturated heterocycles. The fourth-order valence-electron chi connectivity index (χ4n) is 3.72. The zero-order valence-corrected chi connectivity index (χ0v) is 20.4. The molecule has 0 spiro atoms. The Labute approximate surface area is 203 Å². The van der Waals surface area contributed by atoms with Gasteiger partial charge in [0.25, 0.3) is 0 Å². The summed E-state index contributed by atoms with van der Waals surface area (Å²) >= 11 is 12.3. The second-order valence-corrected chi connectivity index (χ2v) is 8.94. The summed E-state index contributed by atoms with van der Waals surface area (Å²) in [4.78, 5) is 19.6. The molecule has 0 aliphatic heterocycles. The highest BCUT2D eigenvalue weighted by Gasteiger charge is 2.19. The highest BCUT2D eigenvalue weighted by atomic mass is 35.5. The van der Waals surface area contributed by atoms with Crippen LogP contribution in [-0.4, -0.2) is 32.0 Å². The summed E-state index contributed by atoms with van der Waals surface area (Å²) in [5, 5.41) is 8.46. The number of pyridine rings is 1. The lowest BCUT2D eigenvalue weighted by atomic mass is 10.2. The second-order valence-electron chi connectivity index (χ2n) is 8.17. The highest BCUT2D eigenvalue weighted by molar-refractivity contribution is 6.31. The molecule has 0 aliphatic rings. The van der Waals surface area contributed by atoms with Crippen molar-refractivity contribution in [1.82, 2.24) is 19.9 Å². The number of nitrogens with one attached hydrogen (secondary N) is 2. The maximum Gasteiger partial charge on any atom is 0.233 e. The maximum absolute atomic E-state index is 6.19. The van der Waals surface area contributed by atoms with Crippen LogP contribution in [0, 0.1) is 0 Å². The van der Waals surface area contributed by atoms with Crippen LogP contribution in [0.4, 0.5) is 29.0 Å². The Morgan fingerprint density at radius 1 is 0.788 bits per heavy atom. The number of hydrogen-bond donors (Lipinski definition) is 2. The van der Waals surface area contributed by atoms with Crippen molar-refractivity contribution in [2.45, 2.75) is 39.8 Å². The first-order chi connectivity index (χ1) is 15.8. The lowest BCUT2D eigenvalue weighted by Crippen LogP contribution is -2.38. The Balaban J connectivity index is 1.53. The average Bonchev–Trinajstić information content (AvgIpc) is 2.74. The molecule has 7 nitrogen and oxygen atoms in total. The molecule has 170 valence electrons. The number of rotatable bonds is 7. The molecule has 0 radical (unpaired) electrons. The van der Waals surface area contributed by atoms with E-state index in [0.717, 1.165) is 28.0 Å². The van der Waals surface area contributed by atoms with E-state index in [4.69, 9.17) is 23.2 Å². The second kappa shape index (κ2) is 9.77. The van der Waals surface area contributed by atoms with Gasteiger partial charge in [0.1, 0.15) is 0 Å². The topological polar surface area (TPSA) is 78.9 Å². The molecule has 0 fully saturated rings. The van der Waals surface area contributed by atoms with Crippen molar-refractivity contribution in [3.05, 3.63) is 65.0 Å². The van der Waals surface area contributed by atoms with Crippen LogP contribution in [0.2, 0.25) is 10.3 Å².